The number of aliphatic imine (C=N–C) groups is 1. The largest absolute Gasteiger partial charge is 0.478 e. The van der Waals surface area contributed by atoms with Gasteiger partial charge in [-0.15, -0.1) is 0 Å². The Morgan fingerprint density at radius 2 is 2.06 bits per heavy atom. The number of carbonyl (C=O) groups excluding carboxylic acids is 1. The number of thioether (sulfide) groups is 1. The summed E-state index contributed by atoms with van der Waals surface area (Å²) in [6, 6.07) is 6.23. The van der Waals surface area contributed by atoms with E-state index in [2.05, 4.69) is 4.99 Å². The number of amides is 1. The summed E-state index contributed by atoms with van der Waals surface area (Å²) in [5, 5.41) is 8.72. The molecule has 1 aromatic rings. The summed E-state index contributed by atoms with van der Waals surface area (Å²) in [6.07, 6.45) is 0. The smallest absolute Gasteiger partial charge is 0.335 e. The second-order valence-electron chi connectivity index (χ2n) is 3.49. The lowest BCUT2D eigenvalue weighted by atomic mass is 10.2. The molecule has 1 N–H and O–H groups in total. The van der Waals surface area contributed by atoms with Gasteiger partial charge in [0.15, 0.2) is 0 Å². The second-order valence-corrected chi connectivity index (χ2v) is 4.42. The number of carboxylic acids is 1. The molecule has 0 spiro atoms. The minimum atomic E-state index is -0.965. The average molecular weight is 250 g/mol. The summed E-state index contributed by atoms with van der Waals surface area (Å²) in [7, 11) is 1.67. The number of aromatic carboxylic acids is 1. The number of rotatable bonds is 2. The standard InChI is InChI=1S/C11H10N2O3S/c1-13-9(6-17-11(13)16)12-8-4-2-7(3-5-8)10(14)15/h2-5H,6H2,1H3,(H,14,15). The Hall–Kier alpha value is -1.82. The first-order valence-electron chi connectivity index (χ1n) is 4.89. The van der Waals surface area contributed by atoms with Gasteiger partial charge in [-0.2, -0.15) is 0 Å². The first kappa shape index (κ1) is 11.7. The topological polar surface area (TPSA) is 70.0 Å². The lowest BCUT2D eigenvalue weighted by molar-refractivity contribution is 0.0697. The fourth-order valence-electron chi connectivity index (χ4n) is 1.36. The highest BCUT2D eigenvalue weighted by Gasteiger charge is 2.24. The minimum absolute atomic E-state index is 0.0223. The van der Waals surface area contributed by atoms with Crippen LogP contribution in [0.25, 0.3) is 0 Å². The van der Waals surface area contributed by atoms with Crippen molar-refractivity contribution >= 4 is 34.5 Å². The van der Waals surface area contributed by atoms with E-state index in [4.69, 9.17) is 5.11 Å². The minimum Gasteiger partial charge on any atom is -0.478 e. The monoisotopic (exact) mass is 250 g/mol. The Kier molecular flexibility index (Phi) is 3.14. The summed E-state index contributed by atoms with van der Waals surface area (Å²) in [5.74, 6) is 0.270. The van der Waals surface area contributed by atoms with E-state index in [1.165, 1.54) is 28.8 Å². The first-order valence-corrected chi connectivity index (χ1v) is 5.88. The highest BCUT2D eigenvalue weighted by molar-refractivity contribution is 8.14. The van der Waals surface area contributed by atoms with Crippen molar-refractivity contribution in [2.45, 2.75) is 0 Å². The van der Waals surface area contributed by atoms with E-state index in [0.29, 0.717) is 17.3 Å². The Morgan fingerprint density at radius 1 is 1.41 bits per heavy atom. The Bertz CT molecular complexity index is 496. The molecule has 1 aliphatic heterocycles. The summed E-state index contributed by atoms with van der Waals surface area (Å²) in [4.78, 5) is 27.7. The summed E-state index contributed by atoms with van der Waals surface area (Å²) in [6.45, 7) is 0. The Labute approximate surface area is 102 Å². The molecule has 1 saturated heterocycles. The summed E-state index contributed by atoms with van der Waals surface area (Å²) >= 11 is 1.20. The summed E-state index contributed by atoms with van der Waals surface area (Å²) in [5.41, 5.74) is 0.867. The number of hydrogen-bond acceptors (Lipinski definition) is 4. The van der Waals surface area contributed by atoms with Crippen molar-refractivity contribution in [2.75, 3.05) is 12.8 Å². The molecule has 1 aliphatic rings. The van der Waals surface area contributed by atoms with Crippen LogP contribution in [0.3, 0.4) is 0 Å². The molecular formula is C11H10N2O3S. The third-order valence-electron chi connectivity index (χ3n) is 2.36. The maximum absolute atomic E-state index is 11.2. The van der Waals surface area contributed by atoms with Crippen LogP contribution in [-0.4, -0.2) is 39.9 Å². The zero-order chi connectivity index (χ0) is 12.4. The number of nitrogens with zero attached hydrogens (tertiary/aromatic N) is 2. The van der Waals surface area contributed by atoms with Crippen molar-refractivity contribution in [3.63, 3.8) is 0 Å². The third-order valence-corrected chi connectivity index (χ3v) is 3.28. The average Bonchev–Trinajstić information content (AvgIpc) is 2.62. The van der Waals surface area contributed by atoms with E-state index >= 15 is 0 Å². The molecule has 0 radical (unpaired) electrons. The van der Waals surface area contributed by atoms with Crippen molar-refractivity contribution in [2.24, 2.45) is 4.99 Å². The molecule has 0 unspecified atom stereocenters. The van der Waals surface area contributed by atoms with Crippen molar-refractivity contribution in [3.05, 3.63) is 29.8 Å². The van der Waals surface area contributed by atoms with Crippen LogP contribution in [0.5, 0.6) is 0 Å². The first-order chi connectivity index (χ1) is 8.08. The van der Waals surface area contributed by atoms with Crippen LogP contribution in [0, 0.1) is 0 Å². The quantitative estimate of drug-likeness (QED) is 0.873. The van der Waals surface area contributed by atoms with Crippen molar-refractivity contribution < 1.29 is 14.7 Å². The highest BCUT2D eigenvalue weighted by Crippen LogP contribution is 2.21. The van der Waals surface area contributed by atoms with Gasteiger partial charge in [0.1, 0.15) is 5.84 Å². The molecule has 17 heavy (non-hydrogen) atoms. The molecule has 0 atom stereocenters. The van der Waals surface area contributed by atoms with Gasteiger partial charge in [0.2, 0.25) is 0 Å². The number of benzene rings is 1. The van der Waals surface area contributed by atoms with Crippen LogP contribution in [-0.2, 0) is 0 Å². The normalized spacial score (nSPS) is 17.8. The van der Waals surface area contributed by atoms with Gasteiger partial charge in [0, 0.05) is 7.05 Å². The molecule has 88 valence electrons. The SMILES string of the molecule is CN1C(=O)SCC1=Nc1ccc(C(=O)O)cc1. The maximum atomic E-state index is 11.2. The highest BCUT2D eigenvalue weighted by atomic mass is 32.2. The lowest BCUT2D eigenvalue weighted by Crippen LogP contribution is -2.23. The van der Waals surface area contributed by atoms with Gasteiger partial charge in [-0.25, -0.2) is 9.79 Å². The van der Waals surface area contributed by atoms with Crippen LogP contribution in [0.2, 0.25) is 0 Å². The molecule has 1 aromatic carbocycles. The van der Waals surface area contributed by atoms with Crippen molar-refractivity contribution in [3.8, 4) is 0 Å². The number of carboxylic acid groups (broad SMARTS) is 1. The predicted molar refractivity (Wildman–Crippen MR) is 66.1 cm³/mol. The maximum Gasteiger partial charge on any atom is 0.335 e. The van der Waals surface area contributed by atoms with E-state index < -0.39 is 5.97 Å². The zero-order valence-electron chi connectivity index (χ0n) is 9.08. The zero-order valence-corrected chi connectivity index (χ0v) is 9.90. The van der Waals surface area contributed by atoms with E-state index in [-0.39, 0.29) is 10.8 Å². The van der Waals surface area contributed by atoms with Gasteiger partial charge < -0.3 is 5.11 Å². The Balaban J connectivity index is 2.22. The molecule has 5 nitrogen and oxygen atoms in total. The number of amidine groups is 1. The summed E-state index contributed by atoms with van der Waals surface area (Å²) < 4.78 is 0. The molecule has 0 aliphatic carbocycles. The van der Waals surface area contributed by atoms with Crippen LogP contribution < -0.4 is 0 Å². The second kappa shape index (κ2) is 4.58. The molecule has 1 amide bonds. The van der Waals surface area contributed by atoms with Crippen molar-refractivity contribution in [1.29, 1.82) is 0 Å². The van der Waals surface area contributed by atoms with Gasteiger partial charge in [-0.05, 0) is 24.3 Å². The Morgan fingerprint density at radius 3 is 2.53 bits per heavy atom. The van der Waals surface area contributed by atoms with Gasteiger partial charge in [-0.3, -0.25) is 9.69 Å². The molecule has 2 rings (SSSR count). The van der Waals surface area contributed by atoms with Crippen LogP contribution >= 0.6 is 11.8 Å². The third kappa shape index (κ3) is 2.47. The molecular weight excluding hydrogens is 240 g/mol. The number of carbonyl (C=O) groups is 2. The van der Waals surface area contributed by atoms with E-state index in [9.17, 15) is 9.59 Å². The molecule has 0 aromatic heterocycles. The van der Waals surface area contributed by atoms with E-state index in [1.54, 1.807) is 19.2 Å². The van der Waals surface area contributed by atoms with E-state index in [1.807, 2.05) is 0 Å². The van der Waals surface area contributed by atoms with Gasteiger partial charge in [0.05, 0.1) is 17.0 Å². The molecule has 1 heterocycles. The van der Waals surface area contributed by atoms with Crippen LogP contribution in [0.15, 0.2) is 29.3 Å². The fourth-order valence-corrected chi connectivity index (χ4v) is 2.17. The van der Waals surface area contributed by atoms with Crippen LogP contribution in [0.4, 0.5) is 10.5 Å². The predicted octanol–water partition coefficient (Wildman–Crippen LogP) is 2.21. The fraction of sp³-hybridized carbons (Fsp3) is 0.182. The van der Waals surface area contributed by atoms with E-state index in [0.717, 1.165) is 0 Å². The number of hydrogen-bond donors (Lipinski definition) is 1. The molecule has 1 fully saturated rings. The molecule has 0 saturated carbocycles. The van der Waals surface area contributed by atoms with Gasteiger partial charge in [0.25, 0.3) is 5.24 Å². The van der Waals surface area contributed by atoms with Gasteiger partial charge >= 0.3 is 5.97 Å². The molecule has 6 heteroatoms. The molecule has 0 bridgehead atoms. The van der Waals surface area contributed by atoms with Crippen LogP contribution in [0.1, 0.15) is 10.4 Å². The lowest BCUT2D eigenvalue weighted by Gasteiger charge is -2.07. The van der Waals surface area contributed by atoms with Gasteiger partial charge in [-0.1, -0.05) is 11.8 Å². The van der Waals surface area contributed by atoms with Crippen molar-refractivity contribution in [1.82, 2.24) is 4.90 Å².